The van der Waals surface area contributed by atoms with Gasteiger partial charge in [-0.3, -0.25) is 0 Å². The van der Waals surface area contributed by atoms with Gasteiger partial charge in [-0.2, -0.15) is 0 Å². The number of hydrogen-bond acceptors (Lipinski definition) is 4. The minimum Gasteiger partial charge on any atom is -0.461 e. The minimum absolute atomic E-state index is 0. The summed E-state index contributed by atoms with van der Waals surface area (Å²) in [6.07, 6.45) is 0.814. The summed E-state index contributed by atoms with van der Waals surface area (Å²) in [7, 11) is 0. The summed E-state index contributed by atoms with van der Waals surface area (Å²) >= 11 is 1.71. The fourth-order valence-corrected chi connectivity index (χ4v) is 3.42. The molecule has 0 aliphatic rings. The van der Waals surface area contributed by atoms with Gasteiger partial charge in [0.25, 0.3) is 0 Å². The van der Waals surface area contributed by atoms with E-state index >= 15 is 0 Å². The largest absolute Gasteiger partial charge is 0.461 e. The summed E-state index contributed by atoms with van der Waals surface area (Å²) in [6, 6.07) is 10.2. The van der Waals surface area contributed by atoms with Crippen molar-refractivity contribution in [2.24, 2.45) is 4.99 Å². The maximum Gasteiger partial charge on any atom is 0.191 e. The van der Waals surface area contributed by atoms with Crippen LogP contribution in [-0.4, -0.2) is 24.0 Å². The molecule has 0 saturated heterocycles. The Bertz CT molecular complexity index is 819. The van der Waals surface area contributed by atoms with Gasteiger partial charge in [-0.15, -0.1) is 35.3 Å². The predicted octanol–water partition coefficient (Wildman–Crippen LogP) is 4.42. The highest BCUT2D eigenvalue weighted by Gasteiger charge is 2.05. The highest BCUT2D eigenvalue weighted by atomic mass is 127. The second kappa shape index (κ2) is 9.91. The zero-order chi connectivity index (χ0) is 17.6. The molecule has 0 aliphatic heterocycles. The normalized spacial score (nSPS) is 11.4. The van der Waals surface area contributed by atoms with Crippen LogP contribution in [0.25, 0.3) is 11.0 Å². The maximum atomic E-state index is 5.85. The number of para-hydroxylation sites is 1. The number of aromatic nitrogens is 1. The topological polar surface area (TPSA) is 62.5 Å². The van der Waals surface area contributed by atoms with Gasteiger partial charge in [-0.25, -0.2) is 9.98 Å². The third-order valence-corrected chi connectivity index (χ3v) is 4.99. The van der Waals surface area contributed by atoms with E-state index in [-0.39, 0.29) is 24.0 Å². The van der Waals surface area contributed by atoms with Crippen LogP contribution in [0, 0.1) is 13.8 Å². The molecular weight excluding hydrogens is 459 g/mol. The Kier molecular flexibility index (Phi) is 7.89. The smallest absolute Gasteiger partial charge is 0.191 e. The molecule has 2 heterocycles. The Morgan fingerprint density at radius 1 is 1.23 bits per heavy atom. The van der Waals surface area contributed by atoms with Gasteiger partial charge >= 0.3 is 0 Å². The molecule has 26 heavy (non-hydrogen) atoms. The summed E-state index contributed by atoms with van der Waals surface area (Å²) < 4.78 is 5.85. The number of halogens is 1. The summed E-state index contributed by atoms with van der Waals surface area (Å²) in [5.41, 5.74) is 2.03. The minimum atomic E-state index is 0. The number of aliphatic imine (C=N–C) groups is 1. The van der Waals surface area contributed by atoms with Crippen LogP contribution in [0.3, 0.4) is 0 Å². The van der Waals surface area contributed by atoms with Gasteiger partial charge in [0, 0.05) is 29.8 Å². The zero-order valence-corrected chi connectivity index (χ0v) is 18.5. The van der Waals surface area contributed by atoms with Crippen LogP contribution in [-0.2, 0) is 13.0 Å². The van der Waals surface area contributed by atoms with Gasteiger partial charge < -0.3 is 15.1 Å². The summed E-state index contributed by atoms with van der Waals surface area (Å²) in [5.74, 6) is 1.79. The number of thiazole rings is 1. The van der Waals surface area contributed by atoms with Gasteiger partial charge in [0.2, 0.25) is 0 Å². The molecule has 2 aromatic heterocycles. The average molecular weight is 484 g/mol. The Balaban J connectivity index is 0.00000243. The van der Waals surface area contributed by atoms with Gasteiger partial charge in [0.05, 0.1) is 12.2 Å². The highest BCUT2D eigenvalue weighted by molar-refractivity contribution is 14.0. The van der Waals surface area contributed by atoms with Crippen LogP contribution in [0.5, 0.6) is 0 Å². The molecule has 0 radical (unpaired) electrons. The first-order valence-corrected chi connectivity index (χ1v) is 9.40. The van der Waals surface area contributed by atoms with Crippen molar-refractivity contribution in [3.05, 3.63) is 51.7 Å². The fourth-order valence-electron chi connectivity index (χ4n) is 2.56. The lowest BCUT2D eigenvalue weighted by molar-refractivity contribution is 0.544. The Labute approximate surface area is 175 Å². The van der Waals surface area contributed by atoms with Crippen molar-refractivity contribution in [1.29, 1.82) is 0 Å². The van der Waals surface area contributed by atoms with Crippen molar-refractivity contribution in [2.75, 3.05) is 13.1 Å². The van der Waals surface area contributed by atoms with Crippen LogP contribution in [0.15, 0.2) is 39.7 Å². The van der Waals surface area contributed by atoms with E-state index in [1.165, 1.54) is 4.88 Å². The van der Waals surface area contributed by atoms with E-state index in [1.54, 1.807) is 11.3 Å². The predicted molar refractivity (Wildman–Crippen MR) is 120 cm³/mol. The quantitative estimate of drug-likeness (QED) is 0.309. The molecular formula is C19H25IN4OS. The van der Waals surface area contributed by atoms with Crippen LogP contribution in [0.2, 0.25) is 0 Å². The number of guanidine groups is 1. The highest BCUT2D eigenvalue weighted by Crippen LogP contribution is 2.19. The molecule has 3 aromatic rings. The van der Waals surface area contributed by atoms with Crippen LogP contribution in [0.1, 0.15) is 28.3 Å². The van der Waals surface area contributed by atoms with Gasteiger partial charge in [-0.1, -0.05) is 18.2 Å². The lowest BCUT2D eigenvalue weighted by atomic mass is 10.2. The summed E-state index contributed by atoms with van der Waals surface area (Å²) in [6.45, 7) is 8.38. The molecule has 0 unspecified atom stereocenters. The standard InChI is InChI=1S/C19H24N4OS.HI/c1-4-20-19(22-12-18-23-13(2)14(3)25-18)21-10-9-16-11-15-7-5-6-8-17(15)24-16;/h5-8,11H,4,9-10,12H2,1-3H3,(H2,20,21,22);1H. The Morgan fingerprint density at radius 2 is 2.04 bits per heavy atom. The first-order chi connectivity index (χ1) is 12.2. The van der Waals surface area contributed by atoms with Crippen LogP contribution < -0.4 is 10.6 Å². The van der Waals surface area contributed by atoms with Crippen LogP contribution >= 0.6 is 35.3 Å². The monoisotopic (exact) mass is 484 g/mol. The molecule has 0 fully saturated rings. The number of nitrogens with zero attached hydrogens (tertiary/aromatic N) is 2. The van der Waals surface area contributed by atoms with E-state index in [4.69, 9.17) is 4.42 Å². The molecule has 0 spiro atoms. The number of rotatable bonds is 6. The number of fused-ring (bicyclic) bond motifs is 1. The van der Waals surface area contributed by atoms with E-state index in [0.717, 1.165) is 52.9 Å². The zero-order valence-electron chi connectivity index (χ0n) is 15.3. The van der Waals surface area contributed by atoms with Crippen molar-refractivity contribution in [2.45, 2.75) is 33.7 Å². The van der Waals surface area contributed by atoms with Crippen molar-refractivity contribution >= 4 is 52.2 Å². The molecule has 0 saturated carbocycles. The molecule has 0 atom stereocenters. The average Bonchev–Trinajstić information content (AvgIpc) is 3.15. The Hall–Kier alpha value is -1.61. The van der Waals surface area contributed by atoms with Crippen molar-refractivity contribution in [3.63, 3.8) is 0 Å². The van der Waals surface area contributed by atoms with E-state index in [0.29, 0.717) is 6.54 Å². The lowest BCUT2D eigenvalue weighted by Crippen LogP contribution is -2.38. The van der Waals surface area contributed by atoms with Crippen molar-refractivity contribution in [3.8, 4) is 0 Å². The first kappa shape index (κ1) is 20.7. The van der Waals surface area contributed by atoms with E-state index in [1.807, 2.05) is 25.1 Å². The maximum absolute atomic E-state index is 5.85. The third kappa shape index (κ3) is 5.44. The summed E-state index contributed by atoms with van der Waals surface area (Å²) in [5, 5.41) is 8.82. The molecule has 0 bridgehead atoms. The van der Waals surface area contributed by atoms with Crippen molar-refractivity contribution in [1.82, 2.24) is 15.6 Å². The second-order valence-corrected chi connectivity index (χ2v) is 7.16. The number of nitrogens with one attached hydrogen (secondary N) is 2. The molecule has 0 aliphatic carbocycles. The molecule has 1 aromatic carbocycles. The van der Waals surface area contributed by atoms with Gasteiger partial charge in [0.1, 0.15) is 16.4 Å². The van der Waals surface area contributed by atoms with E-state index in [2.05, 4.69) is 46.6 Å². The SMILES string of the molecule is CCNC(=NCc1nc(C)c(C)s1)NCCc1cc2ccccc2o1.I. The molecule has 2 N–H and O–H groups in total. The van der Waals surface area contributed by atoms with Gasteiger partial charge in [0.15, 0.2) is 5.96 Å². The molecule has 3 rings (SSSR count). The summed E-state index contributed by atoms with van der Waals surface area (Å²) in [4.78, 5) is 10.4. The molecule has 140 valence electrons. The van der Waals surface area contributed by atoms with E-state index < -0.39 is 0 Å². The second-order valence-electron chi connectivity index (χ2n) is 5.87. The van der Waals surface area contributed by atoms with Gasteiger partial charge in [-0.05, 0) is 32.9 Å². The van der Waals surface area contributed by atoms with Crippen LogP contribution in [0.4, 0.5) is 0 Å². The third-order valence-electron chi connectivity index (χ3n) is 3.93. The first-order valence-electron chi connectivity index (χ1n) is 8.58. The molecule has 5 nitrogen and oxygen atoms in total. The number of aryl methyl sites for hydroxylation is 2. The van der Waals surface area contributed by atoms with E-state index in [9.17, 15) is 0 Å². The molecule has 7 heteroatoms. The number of benzene rings is 1. The molecule has 0 amide bonds. The lowest BCUT2D eigenvalue weighted by Gasteiger charge is -2.10. The number of hydrogen-bond donors (Lipinski definition) is 2. The van der Waals surface area contributed by atoms with Crippen molar-refractivity contribution < 1.29 is 4.42 Å². The fraction of sp³-hybridized carbons (Fsp3) is 0.368. The Morgan fingerprint density at radius 3 is 2.73 bits per heavy atom. The number of furan rings is 1.